The maximum Gasteiger partial charge on any atom is 0.327 e. The van der Waals surface area contributed by atoms with Crippen LogP contribution in [0.1, 0.15) is 36.6 Å². The van der Waals surface area contributed by atoms with Crippen molar-refractivity contribution in [3.05, 3.63) is 38.3 Å². The third-order valence-corrected chi connectivity index (χ3v) is 11.1. The number of methoxy groups -OCH3 is 1. The number of rotatable bonds is 5. The summed E-state index contributed by atoms with van der Waals surface area (Å²) in [6.45, 7) is 3.42. The number of carboxylic acid groups (broad SMARTS) is 1. The molecule has 0 spiro atoms. The number of aromatic amines is 1. The molecule has 6 rings (SSSR count). The lowest BCUT2D eigenvalue weighted by atomic mass is 9.68. The highest BCUT2D eigenvalue weighted by Gasteiger charge is 2.70. The molecule has 36 heavy (non-hydrogen) atoms. The van der Waals surface area contributed by atoms with Crippen molar-refractivity contribution < 1.29 is 29.3 Å². The molecule has 190 valence electrons. The van der Waals surface area contributed by atoms with Crippen molar-refractivity contribution in [2.45, 2.75) is 42.5 Å². The zero-order valence-corrected chi connectivity index (χ0v) is 21.5. The fourth-order valence-electron chi connectivity index (χ4n) is 7.27. The van der Waals surface area contributed by atoms with Gasteiger partial charge in [0.1, 0.15) is 6.04 Å². The van der Waals surface area contributed by atoms with Crippen LogP contribution in [0.3, 0.4) is 0 Å². The van der Waals surface area contributed by atoms with Crippen LogP contribution in [-0.2, 0) is 14.4 Å². The van der Waals surface area contributed by atoms with Gasteiger partial charge in [-0.25, -0.2) is 4.79 Å². The van der Waals surface area contributed by atoms with Crippen LogP contribution in [0.5, 0.6) is 11.5 Å². The van der Waals surface area contributed by atoms with Gasteiger partial charge < -0.3 is 19.9 Å². The predicted octanol–water partition coefficient (Wildman–Crippen LogP) is 2.73. The number of amides is 2. The minimum absolute atomic E-state index is 0.00201. The van der Waals surface area contributed by atoms with Gasteiger partial charge in [0.05, 0.1) is 24.0 Å². The van der Waals surface area contributed by atoms with Crippen molar-refractivity contribution >= 4 is 40.9 Å². The summed E-state index contributed by atoms with van der Waals surface area (Å²) in [5.41, 5.74) is 0.875. The molecule has 3 N–H and O–H groups in total. The monoisotopic (exact) mass is 530 g/mol. The van der Waals surface area contributed by atoms with E-state index in [4.69, 9.17) is 4.74 Å². The Kier molecular flexibility index (Phi) is 5.31. The van der Waals surface area contributed by atoms with E-state index >= 15 is 0 Å². The number of aromatic hydroxyl groups is 1. The molecule has 1 aromatic carbocycles. The van der Waals surface area contributed by atoms with Crippen LogP contribution in [0.4, 0.5) is 0 Å². The number of hydrogen-bond acceptors (Lipinski definition) is 8. The van der Waals surface area contributed by atoms with Crippen molar-refractivity contribution in [2.75, 3.05) is 7.11 Å². The van der Waals surface area contributed by atoms with E-state index < -0.39 is 29.8 Å². The molecular weight excluding hydrogens is 504 g/mol. The lowest BCUT2D eigenvalue weighted by Crippen LogP contribution is -2.49. The third-order valence-electron chi connectivity index (χ3n) is 8.48. The summed E-state index contributed by atoms with van der Waals surface area (Å²) in [5.74, 6) is -3.49. The van der Waals surface area contributed by atoms with Crippen LogP contribution in [-0.4, -0.2) is 56.3 Å². The van der Waals surface area contributed by atoms with Crippen molar-refractivity contribution in [3.63, 3.8) is 0 Å². The zero-order valence-electron chi connectivity index (χ0n) is 19.8. The maximum atomic E-state index is 13.7. The van der Waals surface area contributed by atoms with Crippen LogP contribution in [0.25, 0.3) is 0 Å². The Hall–Kier alpha value is -2.79. The summed E-state index contributed by atoms with van der Waals surface area (Å²) in [6.07, 6.45) is 0.716. The Bertz CT molecular complexity index is 1350. The quantitative estimate of drug-likeness (QED) is 0.502. The summed E-state index contributed by atoms with van der Waals surface area (Å²) in [6, 6.07) is 3.99. The number of thiazole rings is 1. The lowest BCUT2D eigenvalue weighted by molar-refractivity contribution is -0.157. The third kappa shape index (κ3) is 3.08. The van der Waals surface area contributed by atoms with Gasteiger partial charge in [0.15, 0.2) is 11.5 Å². The first kappa shape index (κ1) is 23.6. The second kappa shape index (κ2) is 8.11. The van der Waals surface area contributed by atoms with E-state index in [0.29, 0.717) is 12.2 Å². The van der Waals surface area contributed by atoms with Crippen molar-refractivity contribution in [1.82, 2.24) is 9.88 Å². The minimum atomic E-state index is -1.18. The van der Waals surface area contributed by atoms with Gasteiger partial charge in [0.25, 0.3) is 0 Å². The topological polar surface area (TPSA) is 137 Å². The molecule has 2 aromatic rings. The molecule has 2 aliphatic carbocycles. The number of carboxylic acids is 1. The molecule has 0 unspecified atom stereocenters. The predicted molar refractivity (Wildman–Crippen MR) is 131 cm³/mol. The second-order valence-corrected chi connectivity index (χ2v) is 12.7. The molecular formula is C25H26N2O7S2. The Balaban J connectivity index is 1.45. The number of benzene rings is 1. The number of aliphatic carboxylic acids is 1. The molecule has 2 amide bonds. The smallest absolute Gasteiger partial charge is 0.327 e. The second-order valence-electron chi connectivity index (χ2n) is 10.5. The van der Waals surface area contributed by atoms with E-state index in [0.717, 1.165) is 31.7 Å². The highest BCUT2D eigenvalue weighted by molar-refractivity contribution is 8.00. The van der Waals surface area contributed by atoms with Crippen LogP contribution in [0.2, 0.25) is 0 Å². The van der Waals surface area contributed by atoms with E-state index in [1.54, 1.807) is 37.7 Å². The number of nitrogens with one attached hydrogen (secondary N) is 1. The fraction of sp³-hybridized carbons (Fsp3) is 0.520. The molecule has 9 nitrogen and oxygen atoms in total. The summed E-state index contributed by atoms with van der Waals surface area (Å²) >= 11 is 2.73. The summed E-state index contributed by atoms with van der Waals surface area (Å²) in [4.78, 5) is 56.4. The van der Waals surface area contributed by atoms with Gasteiger partial charge >= 0.3 is 10.8 Å². The first-order valence-corrected chi connectivity index (χ1v) is 13.7. The van der Waals surface area contributed by atoms with E-state index in [1.165, 1.54) is 7.11 Å². The minimum Gasteiger partial charge on any atom is -0.504 e. The number of carbonyl (C=O) groups excluding carboxylic acids is 2. The van der Waals surface area contributed by atoms with Gasteiger partial charge in [-0.3, -0.25) is 19.3 Å². The number of nitrogens with zero attached hydrogens (tertiary/aromatic N) is 1. The molecule has 1 saturated heterocycles. The molecule has 4 aliphatic rings. The average molecular weight is 531 g/mol. The van der Waals surface area contributed by atoms with Gasteiger partial charge in [0, 0.05) is 16.0 Å². The van der Waals surface area contributed by atoms with E-state index in [1.807, 2.05) is 6.07 Å². The SMILES string of the molecule is COc1cc([C@@H]2c3sc(=O)[nH]c3S[C@@H]3[C@H]4C[C@@H]([C@H]5C(=O)N([C@H](C(=O)O)C(C)C)C(=O)[C@@H]45)[C@@H]23)ccc1O. The summed E-state index contributed by atoms with van der Waals surface area (Å²) < 4.78 is 5.35. The largest absolute Gasteiger partial charge is 0.504 e. The molecule has 2 aliphatic heterocycles. The molecule has 2 bridgehead atoms. The first-order valence-electron chi connectivity index (χ1n) is 12.0. The summed E-state index contributed by atoms with van der Waals surface area (Å²) in [5, 5.41) is 20.8. The standard InChI is InChI=1S/C25H26N2O7S2/c1-8(2)18(24(31)32)27-22(29)16-10-7-11(17(16)23(27)30)19-15(10)14(20-21(35-19)26-25(33)36-20)9-4-5-12(28)13(6-9)34-3/h4-6,8,10-11,14-19,28H,7H2,1-3H3,(H,26,33)(H,31,32)/t10-,11+,14+,15+,16-,17+,18+,19-/m1/s1. The number of H-pyrrole nitrogens is 1. The molecule has 0 radical (unpaired) electrons. The van der Waals surface area contributed by atoms with Gasteiger partial charge in [-0.15, -0.1) is 11.8 Å². The Morgan fingerprint density at radius 2 is 1.86 bits per heavy atom. The number of thioether (sulfide) groups is 1. The Morgan fingerprint density at radius 1 is 1.17 bits per heavy atom. The number of imide groups is 1. The van der Waals surface area contributed by atoms with Gasteiger partial charge in [-0.1, -0.05) is 31.3 Å². The van der Waals surface area contributed by atoms with Crippen LogP contribution in [0.15, 0.2) is 28.0 Å². The van der Waals surface area contributed by atoms with Crippen molar-refractivity contribution in [3.8, 4) is 11.5 Å². The fourth-order valence-corrected chi connectivity index (χ4v) is 10.2. The summed E-state index contributed by atoms with van der Waals surface area (Å²) in [7, 11) is 1.48. The van der Waals surface area contributed by atoms with Crippen LogP contribution < -0.4 is 9.61 Å². The van der Waals surface area contributed by atoms with Crippen molar-refractivity contribution in [2.24, 2.45) is 35.5 Å². The number of hydrogen-bond donors (Lipinski definition) is 3. The average Bonchev–Trinajstić information content (AvgIpc) is 3.54. The first-order chi connectivity index (χ1) is 17.1. The molecule has 1 aromatic heterocycles. The zero-order chi connectivity index (χ0) is 25.6. The normalized spacial score (nSPS) is 33.0. The molecule has 8 atom stereocenters. The molecule has 3 heterocycles. The Labute approximate surface area is 214 Å². The number of phenolic OH excluding ortho intramolecular Hbond substituents is 1. The number of phenols is 1. The highest BCUT2D eigenvalue weighted by atomic mass is 32.2. The van der Waals surface area contributed by atoms with Crippen molar-refractivity contribution in [1.29, 1.82) is 0 Å². The van der Waals surface area contributed by atoms with E-state index in [-0.39, 0.29) is 51.4 Å². The van der Waals surface area contributed by atoms with E-state index in [9.17, 15) is 29.4 Å². The van der Waals surface area contributed by atoms with Gasteiger partial charge in [-0.2, -0.15) is 0 Å². The van der Waals surface area contributed by atoms with E-state index in [2.05, 4.69) is 4.98 Å². The van der Waals surface area contributed by atoms with Crippen LogP contribution >= 0.6 is 23.1 Å². The number of fused-ring (bicyclic) bond motifs is 9. The number of carbonyl (C=O) groups is 3. The highest BCUT2D eigenvalue weighted by Crippen LogP contribution is 2.68. The number of aromatic nitrogens is 1. The number of ether oxygens (including phenoxy) is 1. The maximum absolute atomic E-state index is 13.7. The molecule has 3 fully saturated rings. The lowest BCUT2D eigenvalue weighted by Gasteiger charge is -2.43. The van der Waals surface area contributed by atoms with Gasteiger partial charge in [0.2, 0.25) is 11.8 Å². The van der Waals surface area contributed by atoms with Crippen LogP contribution in [0, 0.1) is 35.5 Å². The van der Waals surface area contributed by atoms with Gasteiger partial charge in [-0.05, 0) is 47.8 Å². The number of likely N-dealkylation sites (tertiary alicyclic amines) is 1. The Morgan fingerprint density at radius 3 is 2.50 bits per heavy atom. The molecule has 2 saturated carbocycles. The molecule has 11 heteroatoms.